The maximum absolute atomic E-state index is 14.4. The molecule has 0 bridgehead atoms. The van der Waals surface area contributed by atoms with Gasteiger partial charge in [0.05, 0.1) is 24.8 Å². The predicted molar refractivity (Wildman–Crippen MR) is 176 cm³/mol. The first-order chi connectivity index (χ1) is 21.6. The van der Waals surface area contributed by atoms with Crippen molar-refractivity contribution in [3.63, 3.8) is 0 Å². The number of rotatable bonds is 13. The lowest BCUT2D eigenvalue weighted by atomic mass is 10.0. The molecule has 12 heteroatoms. The van der Waals surface area contributed by atoms with Crippen LogP contribution in [0.15, 0.2) is 102 Å². The number of para-hydroxylation sites is 1. The number of anilines is 1. The van der Waals surface area contributed by atoms with E-state index in [1.54, 1.807) is 48.5 Å². The van der Waals surface area contributed by atoms with Crippen molar-refractivity contribution in [2.75, 3.05) is 32.1 Å². The fraction of sp³-hybridized carbons (Fsp3) is 0.212. The first kappa shape index (κ1) is 33.6. The number of nitrogens with zero attached hydrogens (tertiary/aromatic N) is 2. The Balaban J connectivity index is 1.82. The number of ether oxygens (including phenoxy) is 2. The smallest absolute Gasteiger partial charge is 0.264 e. The molecule has 4 rings (SSSR count). The number of likely N-dealkylation sites (N-methyl/N-ethyl adjacent to an activating group) is 1. The van der Waals surface area contributed by atoms with E-state index in [1.165, 1.54) is 44.4 Å². The first-order valence-corrected chi connectivity index (χ1v) is 16.1. The molecule has 0 radical (unpaired) electrons. The second-order valence-electron chi connectivity index (χ2n) is 9.91. The first-order valence-electron chi connectivity index (χ1n) is 13.9. The maximum Gasteiger partial charge on any atom is 0.264 e. The van der Waals surface area contributed by atoms with E-state index in [0.29, 0.717) is 21.4 Å². The number of hydrogen-bond donors (Lipinski definition) is 1. The topological polar surface area (TPSA) is 105 Å². The second-order valence-corrected chi connectivity index (χ2v) is 12.6. The number of nitrogens with one attached hydrogen (secondary N) is 1. The van der Waals surface area contributed by atoms with E-state index in [0.717, 1.165) is 9.87 Å². The van der Waals surface area contributed by atoms with Crippen LogP contribution in [0.25, 0.3) is 0 Å². The third-order valence-corrected chi connectivity index (χ3v) is 9.65. The maximum atomic E-state index is 14.4. The summed E-state index contributed by atoms with van der Waals surface area (Å²) in [4.78, 5) is 29.0. The number of carbonyl (C=O) groups excluding carboxylic acids is 2. The van der Waals surface area contributed by atoms with Crippen LogP contribution < -0.4 is 19.1 Å². The van der Waals surface area contributed by atoms with Crippen LogP contribution in [-0.4, -0.2) is 59.0 Å². The van der Waals surface area contributed by atoms with E-state index >= 15 is 0 Å². The third-order valence-electron chi connectivity index (χ3n) is 7.17. The highest BCUT2D eigenvalue weighted by molar-refractivity contribution is 7.92. The van der Waals surface area contributed by atoms with Gasteiger partial charge in [-0.15, -0.1) is 0 Å². The highest BCUT2D eigenvalue weighted by atomic mass is 35.5. The molecule has 45 heavy (non-hydrogen) atoms. The Labute approximate surface area is 273 Å². The summed E-state index contributed by atoms with van der Waals surface area (Å²) in [5.74, 6) is -0.542. The molecular weight excluding hydrogens is 637 g/mol. The van der Waals surface area contributed by atoms with Crippen LogP contribution in [0.4, 0.5) is 5.69 Å². The second kappa shape index (κ2) is 15.2. The SMILES string of the molecule is CNC(=O)[C@@H](Cc1ccccc1)N(Cc1c(Cl)cccc1Cl)C(=O)CN(c1ccccc1)S(=O)(=O)c1ccc(OC)c(OC)c1. The number of halogens is 2. The molecule has 4 aromatic carbocycles. The molecule has 0 aliphatic heterocycles. The standard InChI is InChI=1S/C33H33Cl2N3O6S/c1-36-33(40)29(19-23-11-6-4-7-12-23)37(21-26-27(34)15-10-16-28(26)35)32(39)22-38(24-13-8-5-9-14-24)45(41,42)25-17-18-30(43-2)31(20-25)44-3/h4-18,20,29H,19,21-22H2,1-3H3,(H,36,40)/t29-/m1/s1. The van der Waals surface area contributed by atoms with Crippen LogP contribution >= 0.6 is 23.2 Å². The Bertz CT molecular complexity index is 1720. The van der Waals surface area contributed by atoms with Crippen LogP contribution in [0.2, 0.25) is 10.0 Å². The van der Waals surface area contributed by atoms with Crippen molar-refractivity contribution < 1.29 is 27.5 Å². The zero-order chi connectivity index (χ0) is 32.6. The fourth-order valence-electron chi connectivity index (χ4n) is 4.80. The molecule has 0 saturated carbocycles. The minimum Gasteiger partial charge on any atom is -0.493 e. The average molecular weight is 671 g/mol. The molecule has 0 spiro atoms. The largest absolute Gasteiger partial charge is 0.493 e. The van der Waals surface area contributed by atoms with E-state index in [-0.39, 0.29) is 29.3 Å². The monoisotopic (exact) mass is 669 g/mol. The van der Waals surface area contributed by atoms with Gasteiger partial charge in [0, 0.05) is 41.7 Å². The number of hydrogen-bond acceptors (Lipinski definition) is 6. The van der Waals surface area contributed by atoms with Gasteiger partial charge in [0.2, 0.25) is 11.8 Å². The lowest BCUT2D eigenvalue weighted by Crippen LogP contribution is -2.53. The molecular formula is C33H33Cl2N3O6S. The van der Waals surface area contributed by atoms with Gasteiger partial charge < -0.3 is 19.7 Å². The minimum atomic E-state index is -4.34. The van der Waals surface area contributed by atoms with Gasteiger partial charge in [0.15, 0.2) is 11.5 Å². The van der Waals surface area contributed by atoms with E-state index in [2.05, 4.69) is 5.32 Å². The van der Waals surface area contributed by atoms with Gasteiger partial charge in [-0.25, -0.2) is 8.42 Å². The number of amides is 2. The van der Waals surface area contributed by atoms with Crippen molar-refractivity contribution in [2.45, 2.75) is 23.9 Å². The number of sulfonamides is 1. The summed E-state index contributed by atoms with van der Waals surface area (Å²) >= 11 is 13.0. The lowest BCUT2D eigenvalue weighted by molar-refractivity contribution is -0.139. The molecule has 236 valence electrons. The van der Waals surface area contributed by atoms with E-state index in [1.807, 2.05) is 30.3 Å². The third kappa shape index (κ3) is 7.89. The minimum absolute atomic E-state index is 0.121. The van der Waals surface area contributed by atoms with Crippen molar-refractivity contribution >= 4 is 50.7 Å². The summed E-state index contributed by atoms with van der Waals surface area (Å²) in [5, 5.41) is 3.24. The van der Waals surface area contributed by atoms with Crippen molar-refractivity contribution in [1.29, 1.82) is 0 Å². The molecule has 0 aromatic heterocycles. The van der Waals surface area contributed by atoms with Gasteiger partial charge in [-0.1, -0.05) is 77.8 Å². The van der Waals surface area contributed by atoms with Crippen LogP contribution in [0, 0.1) is 0 Å². The Morgan fingerprint density at radius 2 is 1.42 bits per heavy atom. The van der Waals surface area contributed by atoms with Gasteiger partial charge in [0.1, 0.15) is 12.6 Å². The summed E-state index contributed by atoms with van der Waals surface area (Å²) < 4.78 is 40.0. The Hall–Kier alpha value is -4.25. The Kier molecular flexibility index (Phi) is 11.3. The molecule has 0 aliphatic rings. The van der Waals surface area contributed by atoms with E-state index < -0.39 is 34.4 Å². The van der Waals surface area contributed by atoms with Crippen LogP contribution in [0.1, 0.15) is 11.1 Å². The van der Waals surface area contributed by atoms with Gasteiger partial charge in [-0.05, 0) is 42.0 Å². The summed E-state index contributed by atoms with van der Waals surface area (Å²) in [6, 6.07) is 25.5. The molecule has 1 N–H and O–H groups in total. The lowest BCUT2D eigenvalue weighted by Gasteiger charge is -2.34. The molecule has 0 heterocycles. The molecule has 0 aliphatic carbocycles. The number of carbonyl (C=O) groups is 2. The summed E-state index contributed by atoms with van der Waals surface area (Å²) in [6.45, 7) is -0.785. The highest BCUT2D eigenvalue weighted by Gasteiger charge is 2.35. The van der Waals surface area contributed by atoms with Gasteiger partial charge >= 0.3 is 0 Å². The van der Waals surface area contributed by atoms with Crippen LogP contribution in [0.5, 0.6) is 11.5 Å². The van der Waals surface area contributed by atoms with Crippen molar-refractivity contribution in [2.24, 2.45) is 0 Å². The normalized spacial score (nSPS) is 11.8. The Morgan fingerprint density at radius 3 is 2.00 bits per heavy atom. The molecule has 2 amide bonds. The van der Waals surface area contributed by atoms with E-state index in [4.69, 9.17) is 32.7 Å². The highest BCUT2D eigenvalue weighted by Crippen LogP contribution is 2.33. The van der Waals surface area contributed by atoms with Crippen molar-refractivity contribution in [3.8, 4) is 11.5 Å². The quantitative estimate of drug-likeness (QED) is 0.199. The molecule has 0 unspecified atom stereocenters. The van der Waals surface area contributed by atoms with Crippen molar-refractivity contribution in [1.82, 2.24) is 10.2 Å². The van der Waals surface area contributed by atoms with Gasteiger partial charge in [-0.2, -0.15) is 0 Å². The summed E-state index contributed by atoms with van der Waals surface area (Å²) in [6.07, 6.45) is 0.155. The van der Waals surface area contributed by atoms with Crippen LogP contribution in [0.3, 0.4) is 0 Å². The summed E-state index contributed by atoms with van der Waals surface area (Å²) in [7, 11) is -0.0243. The molecule has 4 aromatic rings. The average Bonchev–Trinajstić information content (AvgIpc) is 3.06. The summed E-state index contributed by atoms with van der Waals surface area (Å²) in [5.41, 5.74) is 1.47. The number of benzene rings is 4. The molecule has 0 fully saturated rings. The van der Waals surface area contributed by atoms with Crippen LogP contribution in [-0.2, 0) is 32.6 Å². The number of methoxy groups -OCH3 is 2. The van der Waals surface area contributed by atoms with Gasteiger partial charge in [0.25, 0.3) is 10.0 Å². The Morgan fingerprint density at radius 1 is 0.822 bits per heavy atom. The molecule has 1 atom stereocenters. The van der Waals surface area contributed by atoms with E-state index in [9.17, 15) is 18.0 Å². The fourth-order valence-corrected chi connectivity index (χ4v) is 6.75. The van der Waals surface area contributed by atoms with Gasteiger partial charge in [-0.3, -0.25) is 13.9 Å². The zero-order valence-corrected chi connectivity index (χ0v) is 27.3. The predicted octanol–water partition coefficient (Wildman–Crippen LogP) is 5.59. The zero-order valence-electron chi connectivity index (χ0n) is 24.9. The molecule has 0 saturated heterocycles. The van der Waals surface area contributed by atoms with Crippen molar-refractivity contribution in [3.05, 3.63) is 118 Å². The molecule has 9 nitrogen and oxygen atoms in total.